The largest absolute Gasteiger partial charge is 0.328 e. The third-order valence-electron chi connectivity index (χ3n) is 6.76. The summed E-state index contributed by atoms with van der Waals surface area (Å²) >= 11 is 0. The highest BCUT2D eigenvalue weighted by Gasteiger charge is 2.36. The van der Waals surface area contributed by atoms with E-state index in [2.05, 4.69) is 69.2 Å². The molecule has 2 N–H and O–H groups in total. The zero-order valence-electron chi connectivity index (χ0n) is 17.2. The highest BCUT2D eigenvalue weighted by Crippen LogP contribution is 2.44. The first kappa shape index (κ1) is 22.0. The molecule has 0 aromatic heterocycles. The van der Waals surface area contributed by atoms with Gasteiger partial charge in [0.15, 0.2) is 0 Å². The summed E-state index contributed by atoms with van der Waals surface area (Å²) in [5.41, 5.74) is 6.48. The minimum absolute atomic E-state index is 0.312. The second-order valence-electron chi connectivity index (χ2n) is 9.43. The van der Waals surface area contributed by atoms with Gasteiger partial charge in [-0.2, -0.15) is 0 Å². The Bertz CT molecular complexity index is 290. The van der Waals surface area contributed by atoms with Gasteiger partial charge in [-0.15, -0.1) is 0 Å². The van der Waals surface area contributed by atoms with Crippen LogP contribution in [0.4, 0.5) is 0 Å². The van der Waals surface area contributed by atoms with Crippen LogP contribution >= 0.6 is 0 Å². The van der Waals surface area contributed by atoms with Crippen molar-refractivity contribution in [2.45, 2.75) is 94.5 Å². The molecule has 0 heterocycles. The van der Waals surface area contributed by atoms with Crippen molar-refractivity contribution in [3.05, 3.63) is 0 Å². The third kappa shape index (κ3) is 6.60. The molecule has 0 aliphatic carbocycles. The van der Waals surface area contributed by atoms with Crippen molar-refractivity contribution in [3.63, 3.8) is 0 Å². The molecule has 0 spiro atoms. The van der Waals surface area contributed by atoms with Gasteiger partial charge in [-0.05, 0) is 60.7 Å². The van der Waals surface area contributed by atoms with E-state index in [4.69, 9.17) is 5.73 Å². The number of hydrogen-bond acceptors (Lipinski definition) is 1. The molecule has 0 saturated carbocycles. The Morgan fingerprint density at radius 2 is 1.27 bits per heavy atom. The van der Waals surface area contributed by atoms with Crippen LogP contribution in [-0.2, 0) is 0 Å². The lowest BCUT2D eigenvalue weighted by atomic mass is 9.63. The SMILES string of the molecule is CC(N)CC(C)C(CCC(C)C(C)C(C)C)C(C)(C)C(C)C. The molecule has 0 bridgehead atoms. The maximum atomic E-state index is 6.09. The fourth-order valence-corrected chi connectivity index (χ4v) is 3.93. The Balaban J connectivity index is 4.95. The fourth-order valence-electron chi connectivity index (χ4n) is 3.93. The van der Waals surface area contributed by atoms with Crippen LogP contribution in [0.25, 0.3) is 0 Å². The van der Waals surface area contributed by atoms with Gasteiger partial charge < -0.3 is 5.73 Å². The molecule has 1 nitrogen and oxygen atoms in total. The zero-order chi connectivity index (χ0) is 17.7. The van der Waals surface area contributed by atoms with Crippen LogP contribution in [0.2, 0.25) is 0 Å². The Labute approximate surface area is 141 Å². The van der Waals surface area contributed by atoms with Crippen molar-refractivity contribution in [2.24, 2.45) is 46.7 Å². The summed E-state index contributed by atoms with van der Waals surface area (Å²) in [5, 5.41) is 0. The van der Waals surface area contributed by atoms with Crippen LogP contribution in [-0.4, -0.2) is 6.04 Å². The van der Waals surface area contributed by atoms with Crippen LogP contribution < -0.4 is 5.73 Å². The van der Waals surface area contributed by atoms with Crippen molar-refractivity contribution in [1.29, 1.82) is 0 Å². The van der Waals surface area contributed by atoms with Crippen LogP contribution in [0.5, 0.6) is 0 Å². The van der Waals surface area contributed by atoms with Gasteiger partial charge in [0.1, 0.15) is 0 Å². The molecule has 0 aliphatic rings. The smallest absolute Gasteiger partial charge is 0.00131 e. The van der Waals surface area contributed by atoms with E-state index in [1.165, 1.54) is 12.8 Å². The highest BCUT2D eigenvalue weighted by atomic mass is 14.6. The van der Waals surface area contributed by atoms with Gasteiger partial charge in [0.2, 0.25) is 0 Å². The average Bonchev–Trinajstić information content (AvgIpc) is 2.36. The molecule has 0 amide bonds. The topological polar surface area (TPSA) is 26.0 Å². The van der Waals surface area contributed by atoms with Crippen LogP contribution in [0.15, 0.2) is 0 Å². The Kier molecular flexibility index (Phi) is 9.29. The summed E-state index contributed by atoms with van der Waals surface area (Å²) in [6.07, 6.45) is 3.84. The normalized spacial score (nSPS) is 20.0. The molecule has 5 atom stereocenters. The standard InChI is InChI=1S/C21H45N/c1-14(2)19(8)16(5)11-12-20(17(6)13-18(7)22)21(9,10)15(3)4/h14-20H,11-13,22H2,1-10H3. The summed E-state index contributed by atoms with van der Waals surface area (Å²) in [7, 11) is 0. The first-order chi connectivity index (χ1) is 9.91. The van der Waals surface area contributed by atoms with E-state index in [-0.39, 0.29) is 0 Å². The molecule has 0 aliphatic heterocycles. The molecule has 5 unspecified atom stereocenters. The van der Waals surface area contributed by atoms with Gasteiger partial charge in [0.05, 0.1) is 0 Å². The summed E-state index contributed by atoms with van der Waals surface area (Å²) in [6, 6.07) is 0.312. The second-order valence-corrected chi connectivity index (χ2v) is 9.43. The maximum absolute atomic E-state index is 6.09. The summed E-state index contributed by atoms with van der Waals surface area (Å²) in [4.78, 5) is 0. The highest BCUT2D eigenvalue weighted by molar-refractivity contribution is 4.86. The first-order valence-electron chi connectivity index (χ1n) is 9.66. The van der Waals surface area contributed by atoms with Crippen molar-refractivity contribution >= 4 is 0 Å². The van der Waals surface area contributed by atoms with Crippen LogP contribution in [0.1, 0.15) is 88.5 Å². The van der Waals surface area contributed by atoms with Crippen molar-refractivity contribution in [3.8, 4) is 0 Å². The minimum Gasteiger partial charge on any atom is -0.328 e. The van der Waals surface area contributed by atoms with Gasteiger partial charge in [-0.3, -0.25) is 0 Å². The summed E-state index contributed by atoms with van der Waals surface area (Å²) in [6.45, 7) is 23.9. The minimum atomic E-state index is 0.312. The second kappa shape index (κ2) is 9.30. The van der Waals surface area contributed by atoms with Gasteiger partial charge in [0.25, 0.3) is 0 Å². The average molecular weight is 312 g/mol. The predicted molar refractivity (Wildman–Crippen MR) is 102 cm³/mol. The summed E-state index contributed by atoms with van der Waals surface area (Å²) < 4.78 is 0. The molecule has 0 fully saturated rings. The Morgan fingerprint density at radius 3 is 1.64 bits per heavy atom. The molecule has 0 saturated heterocycles. The molecule has 0 aromatic carbocycles. The van der Waals surface area contributed by atoms with Crippen molar-refractivity contribution in [1.82, 2.24) is 0 Å². The number of hydrogen-bond donors (Lipinski definition) is 1. The monoisotopic (exact) mass is 311 g/mol. The van der Waals surface area contributed by atoms with E-state index in [9.17, 15) is 0 Å². The lowest BCUT2D eigenvalue weighted by Crippen LogP contribution is -2.36. The molecular weight excluding hydrogens is 266 g/mol. The number of rotatable bonds is 10. The van der Waals surface area contributed by atoms with E-state index in [1.54, 1.807) is 0 Å². The van der Waals surface area contributed by atoms with Crippen LogP contribution in [0.3, 0.4) is 0 Å². The van der Waals surface area contributed by atoms with Gasteiger partial charge in [-0.25, -0.2) is 0 Å². The zero-order valence-corrected chi connectivity index (χ0v) is 17.2. The Morgan fingerprint density at radius 1 is 0.773 bits per heavy atom. The van der Waals surface area contributed by atoms with E-state index < -0.39 is 0 Å². The lowest BCUT2D eigenvalue weighted by molar-refractivity contribution is 0.0678. The summed E-state index contributed by atoms with van der Waals surface area (Å²) in [5.74, 6) is 4.60. The van der Waals surface area contributed by atoms with Gasteiger partial charge in [-0.1, -0.05) is 68.7 Å². The quantitative estimate of drug-likeness (QED) is 0.498. The molecule has 0 aromatic rings. The molecule has 134 valence electrons. The van der Waals surface area contributed by atoms with Gasteiger partial charge >= 0.3 is 0 Å². The molecule has 22 heavy (non-hydrogen) atoms. The van der Waals surface area contributed by atoms with Crippen LogP contribution in [0, 0.1) is 40.9 Å². The molecule has 0 rings (SSSR count). The third-order valence-corrected chi connectivity index (χ3v) is 6.76. The van der Waals surface area contributed by atoms with Gasteiger partial charge in [0, 0.05) is 6.04 Å². The fraction of sp³-hybridized carbons (Fsp3) is 1.00. The van der Waals surface area contributed by atoms with E-state index in [0.29, 0.717) is 23.3 Å². The van der Waals surface area contributed by atoms with Crippen molar-refractivity contribution < 1.29 is 0 Å². The van der Waals surface area contributed by atoms with E-state index >= 15 is 0 Å². The van der Waals surface area contributed by atoms with E-state index in [1.807, 2.05) is 0 Å². The predicted octanol–water partition coefficient (Wildman–Crippen LogP) is 6.37. The lowest BCUT2D eigenvalue weighted by Gasteiger charge is -2.43. The molecule has 0 radical (unpaired) electrons. The molecular formula is C21H45N. The van der Waals surface area contributed by atoms with Crippen molar-refractivity contribution in [2.75, 3.05) is 0 Å². The first-order valence-corrected chi connectivity index (χ1v) is 9.66. The molecule has 1 heteroatoms. The number of nitrogens with two attached hydrogens (primary N) is 1. The maximum Gasteiger partial charge on any atom is 0.00131 e. The van der Waals surface area contributed by atoms with E-state index in [0.717, 1.165) is 30.1 Å². The Hall–Kier alpha value is -0.0400.